The van der Waals surface area contributed by atoms with Crippen molar-refractivity contribution in [3.05, 3.63) is 0 Å². The SMILES string of the molecule is CCCNC(CN1CCCC(CCC)CC1)C(=O)OCC. The minimum Gasteiger partial charge on any atom is -0.465 e. The summed E-state index contributed by atoms with van der Waals surface area (Å²) in [5.74, 6) is 0.782. The average Bonchev–Trinajstić information content (AvgIpc) is 2.69. The van der Waals surface area contributed by atoms with Crippen molar-refractivity contribution in [1.82, 2.24) is 10.2 Å². The summed E-state index contributed by atoms with van der Waals surface area (Å²) in [6.07, 6.45) is 7.55. The van der Waals surface area contributed by atoms with Gasteiger partial charge in [0.25, 0.3) is 0 Å². The van der Waals surface area contributed by atoms with Gasteiger partial charge in [-0.2, -0.15) is 0 Å². The van der Waals surface area contributed by atoms with E-state index in [1.54, 1.807) is 0 Å². The molecule has 2 atom stereocenters. The predicted molar refractivity (Wildman–Crippen MR) is 87.4 cm³/mol. The summed E-state index contributed by atoms with van der Waals surface area (Å²) >= 11 is 0. The molecule has 1 rings (SSSR count). The number of nitrogens with zero attached hydrogens (tertiary/aromatic N) is 1. The summed E-state index contributed by atoms with van der Waals surface area (Å²) < 4.78 is 5.21. The monoisotopic (exact) mass is 298 g/mol. The lowest BCUT2D eigenvalue weighted by Crippen LogP contribution is -2.47. The van der Waals surface area contributed by atoms with Crippen molar-refractivity contribution in [1.29, 1.82) is 0 Å². The Hall–Kier alpha value is -0.610. The molecule has 1 saturated heterocycles. The number of hydrogen-bond acceptors (Lipinski definition) is 4. The molecular formula is C17H34N2O2. The van der Waals surface area contributed by atoms with Crippen LogP contribution in [0.25, 0.3) is 0 Å². The molecule has 0 amide bonds. The molecule has 0 spiro atoms. The van der Waals surface area contributed by atoms with Crippen LogP contribution in [0.3, 0.4) is 0 Å². The highest BCUT2D eigenvalue weighted by Gasteiger charge is 2.24. The number of ether oxygens (including phenoxy) is 1. The Kier molecular flexibility index (Phi) is 9.68. The molecule has 1 fully saturated rings. The quantitative estimate of drug-likeness (QED) is 0.665. The molecule has 0 radical (unpaired) electrons. The van der Waals surface area contributed by atoms with Gasteiger partial charge < -0.3 is 15.0 Å². The molecule has 1 N–H and O–H groups in total. The van der Waals surface area contributed by atoms with Crippen LogP contribution < -0.4 is 5.32 Å². The van der Waals surface area contributed by atoms with E-state index in [2.05, 4.69) is 24.1 Å². The number of rotatable bonds is 9. The Balaban J connectivity index is 2.47. The van der Waals surface area contributed by atoms with E-state index in [1.807, 2.05) is 6.92 Å². The number of carbonyl (C=O) groups is 1. The van der Waals surface area contributed by atoms with Crippen LogP contribution in [0.4, 0.5) is 0 Å². The van der Waals surface area contributed by atoms with Gasteiger partial charge >= 0.3 is 5.97 Å². The van der Waals surface area contributed by atoms with Crippen LogP contribution in [0.5, 0.6) is 0 Å². The first-order chi connectivity index (χ1) is 10.2. The highest BCUT2D eigenvalue weighted by atomic mass is 16.5. The molecule has 1 aliphatic heterocycles. The highest BCUT2D eigenvalue weighted by molar-refractivity contribution is 5.76. The van der Waals surface area contributed by atoms with Gasteiger partial charge in [-0.3, -0.25) is 4.79 Å². The predicted octanol–water partition coefficient (Wildman–Crippen LogP) is 2.82. The van der Waals surface area contributed by atoms with Crippen LogP contribution in [0, 0.1) is 5.92 Å². The van der Waals surface area contributed by atoms with Crippen LogP contribution in [0.15, 0.2) is 0 Å². The standard InChI is InChI=1S/C17H34N2O2/c1-4-8-15-9-7-12-19(13-10-15)14-16(18-11-5-2)17(20)21-6-3/h15-16,18H,4-14H2,1-3H3. The van der Waals surface area contributed by atoms with E-state index in [0.717, 1.165) is 38.5 Å². The maximum Gasteiger partial charge on any atom is 0.324 e. The molecule has 0 aromatic carbocycles. The van der Waals surface area contributed by atoms with Gasteiger partial charge in [0.15, 0.2) is 0 Å². The summed E-state index contributed by atoms with van der Waals surface area (Å²) in [5.41, 5.74) is 0. The molecule has 4 heteroatoms. The van der Waals surface area contributed by atoms with Crippen LogP contribution in [0.2, 0.25) is 0 Å². The number of hydrogen-bond donors (Lipinski definition) is 1. The van der Waals surface area contributed by atoms with Crippen LogP contribution in [0.1, 0.15) is 59.3 Å². The van der Waals surface area contributed by atoms with Crippen LogP contribution in [-0.2, 0) is 9.53 Å². The third kappa shape index (κ3) is 7.28. The molecule has 0 saturated carbocycles. The van der Waals surface area contributed by atoms with Gasteiger partial charge in [-0.05, 0) is 58.2 Å². The Morgan fingerprint density at radius 1 is 1.24 bits per heavy atom. The second-order valence-corrected chi connectivity index (χ2v) is 6.14. The van der Waals surface area contributed by atoms with Gasteiger partial charge in [-0.25, -0.2) is 0 Å². The normalized spacial score (nSPS) is 21.8. The van der Waals surface area contributed by atoms with Gasteiger partial charge in [-0.15, -0.1) is 0 Å². The van der Waals surface area contributed by atoms with E-state index in [9.17, 15) is 4.79 Å². The summed E-state index contributed by atoms with van der Waals surface area (Å²) in [7, 11) is 0. The molecule has 2 unspecified atom stereocenters. The molecule has 1 heterocycles. The summed E-state index contributed by atoms with van der Waals surface area (Å²) in [4.78, 5) is 14.5. The van der Waals surface area contributed by atoms with E-state index in [-0.39, 0.29) is 12.0 Å². The highest BCUT2D eigenvalue weighted by Crippen LogP contribution is 2.22. The molecular weight excluding hydrogens is 264 g/mol. The number of esters is 1. The fourth-order valence-electron chi connectivity index (χ4n) is 3.15. The molecule has 0 aliphatic carbocycles. The van der Waals surface area contributed by atoms with Crippen molar-refractivity contribution in [3.8, 4) is 0 Å². The third-order valence-electron chi connectivity index (χ3n) is 4.29. The minimum absolute atomic E-state index is 0.0969. The number of carbonyl (C=O) groups excluding carboxylic acids is 1. The Morgan fingerprint density at radius 3 is 2.71 bits per heavy atom. The zero-order valence-corrected chi connectivity index (χ0v) is 14.2. The van der Waals surface area contributed by atoms with Crippen LogP contribution in [-0.4, -0.2) is 49.7 Å². The molecule has 124 valence electrons. The molecule has 0 bridgehead atoms. The Bertz CT molecular complexity index is 284. The van der Waals surface area contributed by atoms with Crippen molar-refractivity contribution in [2.75, 3.05) is 32.8 Å². The minimum atomic E-state index is -0.173. The summed E-state index contributed by atoms with van der Waals surface area (Å²) in [5, 5.41) is 3.34. The Labute approximate surface area is 130 Å². The lowest BCUT2D eigenvalue weighted by molar-refractivity contribution is -0.146. The largest absolute Gasteiger partial charge is 0.465 e. The summed E-state index contributed by atoms with van der Waals surface area (Å²) in [6.45, 7) is 10.6. The van der Waals surface area contributed by atoms with Crippen molar-refractivity contribution < 1.29 is 9.53 Å². The topological polar surface area (TPSA) is 41.6 Å². The first-order valence-corrected chi connectivity index (χ1v) is 8.83. The van der Waals surface area contributed by atoms with E-state index in [0.29, 0.717) is 6.61 Å². The lowest BCUT2D eigenvalue weighted by Gasteiger charge is -2.26. The lowest BCUT2D eigenvalue weighted by atomic mass is 9.96. The van der Waals surface area contributed by atoms with Crippen LogP contribution >= 0.6 is 0 Å². The molecule has 4 nitrogen and oxygen atoms in total. The molecule has 0 aromatic heterocycles. The smallest absolute Gasteiger partial charge is 0.324 e. The van der Waals surface area contributed by atoms with Gasteiger partial charge in [0, 0.05) is 6.54 Å². The fraction of sp³-hybridized carbons (Fsp3) is 0.941. The fourth-order valence-corrected chi connectivity index (χ4v) is 3.15. The first-order valence-electron chi connectivity index (χ1n) is 8.83. The zero-order chi connectivity index (χ0) is 15.5. The van der Waals surface area contributed by atoms with Crippen molar-refractivity contribution in [2.45, 2.75) is 65.3 Å². The number of likely N-dealkylation sites (tertiary alicyclic amines) is 1. The van der Waals surface area contributed by atoms with Gasteiger partial charge in [-0.1, -0.05) is 26.7 Å². The summed E-state index contributed by atoms with van der Waals surface area (Å²) in [6, 6.07) is -0.173. The third-order valence-corrected chi connectivity index (χ3v) is 4.29. The van der Waals surface area contributed by atoms with Crippen molar-refractivity contribution in [2.24, 2.45) is 5.92 Å². The van der Waals surface area contributed by atoms with E-state index >= 15 is 0 Å². The van der Waals surface area contributed by atoms with E-state index in [4.69, 9.17) is 4.74 Å². The maximum absolute atomic E-state index is 12.1. The van der Waals surface area contributed by atoms with E-state index in [1.165, 1.54) is 32.1 Å². The molecule has 1 aliphatic rings. The van der Waals surface area contributed by atoms with Gasteiger partial charge in [0.2, 0.25) is 0 Å². The van der Waals surface area contributed by atoms with Gasteiger partial charge in [0.05, 0.1) is 6.61 Å². The zero-order valence-electron chi connectivity index (χ0n) is 14.2. The Morgan fingerprint density at radius 2 is 2.05 bits per heavy atom. The van der Waals surface area contributed by atoms with Gasteiger partial charge in [0.1, 0.15) is 6.04 Å². The maximum atomic E-state index is 12.1. The number of nitrogens with one attached hydrogen (secondary N) is 1. The van der Waals surface area contributed by atoms with Crippen molar-refractivity contribution in [3.63, 3.8) is 0 Å². The second-order valence-electron chi connectivity index (χ2n) is 6.14. The van der Waals surface area contributed by atoms with Crippen molar-refractivity contribution >= 4 is 5.97 Å². The average molecular weight is 298 g/mol. The second kappa shape index (κ2) is 11.0. The molecule has 0 aromatic rings. The first kappa shape index (κ1) is 18.4. The molecule has 21 heavy (non-hydrogen) atoms. The van der Waals surface area contributed by atoms with E-state index < -0.39 is 0 Å².